The Morgan fingerprint density at radius 3 is 1.50 bits per heavy atom. The summed E-state index contributed by atoms with van der Waals surface area (Å²) in [7, 11) is 0. The van der Waals surface area contributed by atoms with Gasteiger partial charge in [0.2, 0.25) is 0 Å². The van der Waals surface area contributed by atoms with Crippen LogP contribution in [0.2, 0.25) is 0 Å². The maximum absolute atomic E-state index is 5.76. The third-order valence-corrected chi connectivity index (χ3v) is 4.50. The molecule has 0 radical (unpaired) electrons. The summed E-state index contributed by atoms with van der Waals surface area (Å²) in [6, 6.07) is 0. The van der Waals surface area contributed by atoms with Crippen molar-refractivity contribution < 1.29 is 0 Å². The highest BCUT2D eigenvalue weighted by atomic mass is 14.6. The summed E-state index contributed by atoms with van der Waals surface area (Å²) < 4.78 is 0. The Balaban J connectivity index is 1.88. The molecule has 2 aliphatic carbocycles. The predicted molar refractivity (Wildman–Crippen MR) is 59.8 cm³/mol. The third kappa shape index (κ3) is 2.12. The summed E-state index contributed by atoms with van der Waals surface area (Å²) >= 11 is 0. The summed E-state index contributed by atoms with van der Waals surface area (Å²) in [5.74, 6) is 3.62. The lowest BCUT2D eigenvalue weighted by atomic mass is 9.65. The minimum atomic E-state index is 0.825. The van der Waals surface area contributed by atoms with E-state index in [1.807, 2.05) is 0 Å². The van der Waals surface area contributed by atoms with Crippen molar-refractivity contribution in [2.24, 2.45) is 35.1 Å². The summed E-state index contributed by atoms with van der Waals surface area (Å²) in [5.41, 5.74) is 11.5. The number of hydrogen-bond donors (Lipinski definition) is 2. The molecule has 0 heterocycles. The van der Waals surface area contributed by atoms with E-state index in [2.05, 4.69) is 0 Å². The number of hydrogen-bond acceptors (Lipinski definition) is 2. The van der Waals surface area contributed by atoms with Crippen molar-refractivity contribution in [2.45, 2.75) is 38.5 Å². The molecule has 0 aliphatic heterocycles. The molecule has 2 nitrogen and oxygen atoms in total. The second-order valence-corrected chi connectivity index (χ2v) is 5.35. The van der Waals surface area contributed by atoms with E-state index in [0.717, 1.165) is 36.8 Å². The van der Waals surface area contributed by atoms with Crippen molar-refractivity contribution >= 4 is 0 Å². The Morgan fingerprint density at radius 2 is 1.14 bits per heavy atom. The van der Waals surface area contributed by atoms with Crippen LogP contribution < -0.4 is 11.5 Å². The molecule has 2 fully saturated rings. The van der Waals surface area contributed by atoms with E-state index in [-0.39, 0.29) is 0 Å². The van der Waals surface area contributed by atoms with Gasteiger partial charge >= 0.3 is 0 Å². The van der Waals surface area contributed by atoms with Crippen molar-refractivity contribution in [3.05, 3.63) is 0 Å². The van der Waals surface area contributed by atoms with E-state index in [1.54, 1.807) is 0 Å². The first-order chi connectivity index (χ1) is 6.83. The lowest BCUT2D eigenvalue weighted by molar-refractivity contribution is 0.103. The number of nitrogens with two attached hydrogens (primary N) is 2. The zero-order valence-corrected chi connectivity index (χ0v) is 9.12. The molecule has 0 saturated heterocycles. The fourth-order valence-electron chi connectivity index (χ4n) is 3.51. The number of fused-ring (bicyclic) bond motifs is 1. The van der Waals surface area contributed by atoms with Gasteiger partial charge in [0.25, 0.3) is 0 Å². The Labute approximate surface area is 87.4 Å². The summed E-state index contributed by atoms with van der Waals surface area (Å²) in [4.78, 5) is 0. The van der Waals surface area contributed by atoms with Crippen molar-refractivity contribution in [1.29, 1.82) is 0 Å². The van der Waals surface area contributed by atoms with Gasteiger partial charge in [-0.25, -0.2) is 0 Å². The normalized spacial score (nSPS) is 43.3. The van der Waals surface area contributed by atoms with Gasteiger partial charge in [-0.2, -0.15) is 0 Å². The van der Waals surface area contributed by atoms with Gasteiger partial charge in [-0.1, -0.05) is 0 Å². The van der Waals surface area contributed by atoms with Crippen LogP contribution in [0.3, 0.4) is 0 Å². The van der Waals surface area contributed by atoms with Gasteiger partial charge in [0, 0.05) is 0 Å². The van der Waals surface area contributed by atoms with Crippen LogP contribution in [0.4, 0.5) is 0 Å². The van der Waals surface area contributed by atoms with Crippen LogP contribution in [0, 0.1) is 23.7 Å². The molecule has 2 rings (SSSR count). The Kier molecular flexibility index (Phi) is 3.45. The van der Waals surface area contributed by atoms with Crippen molar-refractivity contribution in [3.63, 3.8) is 0 Å². The molecule has 0 bridgehead atoms. The number of rotatable bonds is 2. The Hall–Kier alpha value is -0.0800. The molecule has 4 N–H and O–H groups in total. The molecule has 14 heavy (non-hydrogen) atoms. The van der Waals surface area contributed by atoms with Crippen LogP contribution in [0.15, 0.2) is 0 Å². The molecule has 0 spiro atoms. The van der Waals surface area contributed by atoms with Crippen LogP contribution in [0.1, 0.15) is 38.5 Å². The standard InChI is InChI=1S/C12H24N2/c13-7-9-1-3-11-6-10(8-14)2-4-12(11)5-9/h9-12H,1-8,13-14H2. The highest BCUT2D eigenvalue weighted by Crippen LogP contribution is 2.44. The summed E-state index contributed by atoms with van der Waals surface area (Å²) in [5, 5.41) is 0. The van der Waals surface area contributed by atoms with E-state index >= 15 is 0 Å². The maximum Gasteiger partial charge on any atom is -0.00488 e. The van der Waals surface area contributed by atoms with Crippen LogP contribution in [0.5, 0.6) is 0 Å². The second-order valence-electron chi connectivity index (χ2n) is 5.35. The van der Waals surface area contributed by atoms with E-state index in [1.165, 1.54) is 38.5 Å². The van der Waals surface area contributed by atoms with Crippen LogP contribution in [0.25, 0.3) is 0 Å². The molecule has 0 aromatic rings. The molecule has 0 aromatic carbocycles. The molecule has 2 aliphatic rings. The van der Waals surface area contributed by atoms with E-state index in [4.69, 9.17) is 11.5 Å². The molecule has 4 unspecified atom stereocenters. The van der Waals surface area contributed by atoms with Gasteiger partial charge in [-0.05, 0) is 75.3 Å². The molecule has 2 saturated carbocycles. The average Bonchev–Trinajstić information content (AvgIpc) is 2.27. The van der Waals surface area contributed by atoms with Gasteiger partial charge in [-0.15, -0.1) is 0 Å². The SMILES string of the molecule is NCC1CCC2CC(CN)CCC2C1. The summed E-state index contributed by atoms with van der Waals surface area (Å²) in [6.07, 6.45) is 8.38. The molecule has 0 amide bonds. The topological polar surface area (TPSA) is 52.0 Å². The van der Waals surface area contributed by atoms with E-state index < -0.39 is 0 Å². The van der Waals surface area contributed by atoms with Crippen molar-refractivity contribution in [1.82, 2.24) is 0 Å². The van der Waals surface area contributed by atoms with Crippen molar-refractivity contribution in [3.8, 4) is 0 Å². The van der Waals surface area contributed by atoms with Crippen LogP contribution in [-0.4, -0.2) is 13.1 Å². The smallest absolute Gasteiger partial charge is 0.00488 e. The second kappa shape index (κ2) is 4.63. The third-order valence-electron chi connectivity index (χ3n) is 4.50. The highest BCUT2D eigenvalue weighted by molar-refractivity contribution is 4.86. The quantitative estimate of drug-likeness (QED) is 0.707. The first-order valence-corrected chi connectivity index (χ1v) is 6.23. The molecule has 0 aromatic heterocycles. The van der Waals surface area contributed by atoms with Crippen LogP contribution in [-0.2, 0) is 0 Å². The monoisotopic (exact) mass is 196 g/mol. The zero-order chi connectivity index (χ0) is 9.97. The first kappa shape index (κ1) is 10.4. The van der Waals surface area contributed by atoms with E-state index in [0.29, 0.717) is 0 Å². The van der Waals surface area contributed by atoms with Crippen molar-refractivity contribution in [2.75, 3.05) is 13.1 Å². The predicted octanol–water partition coefficient (Wildman–Crippen LogP) is 1.74. The molecular weight excluding hydrogens is 172 g/mol. The fraction of sp³-hybridized carbons (Fsp3) is 1.00. The minimum Gasteiger partial charge on any atom is -0.330 e. The molecule has 2 heteroatoms. The molecular formula is C12H24N2. The fourth-order valence-corrected chi connectivity index (χ4v) is 3.51. The minimum absolute atomic E-state index is 0.825. The zero-order valence-electron chi connectivity index (χ0n) is 9.12. The highest BCUT2D eigenvalue weighted by Gasteiger charge is 2.34. The van der Waals surface area contributed by atoms with Gasteiger partial charge in [-0.3, -0.25) is 0 Å². The van der Waals surface area contributed by atoms with Gasteiger partial charge in [0.05, 0.1) is 0 Å². The Morgan fingerprint density at radius 1 is 0.714 bits per heavy atom. The maximum atomic E-state index is 5.76. The van der Waals surface area contributed by atoms with Gasteiger partial charge in [0.15, 0.2) is 0 Å². The first-order valence-electron chi connectivity index (χ1n) is 6.23. The van der Waals surface area contributed by atoms with E-state index in [9.17, 15) is 0 Å². The molecule has 82 valence electrons. The Bertz CT molecular complexity index is 161. The largest absolute Gasteiger partial charge is 0.330 e. The van der Waals surface area contributed by atoms with Crippen LogP contribution >= 0.6 is 0 Å². The van der Waals surface area contributed by atoms with Gasteiger partial charge < -0.3 is 11.5 Å². The molecule has 4 atom stereocenters. The average molecular weight is 196 g/mol. The lowest BCUT2D eigenvalue weighted by Gasteiger charge is -2.41. The van der Waals surface area contributed by atoms with Gasteiger partial charge in [0.1, 0.15) is 0 Å². The summed E-state index contributed by atoms with van der Waals surface area (Å²) in [6.45, 7) is 1.81. The lowest BCUT2D eigenvalue weighted by Crippen LogP contribution is -2.35.